The number of hydrogen-bond donors (Lipinski definition) is 0. The van der Waals surface area contributed by atoms with Crippen LogP contribution in [-0.2, 0) is 9.53 Å². The molecule has 1 aliphatic heterocycles. The van der Waals surface area contributed by atoms with Gasteiger partial charge in [-0.15, -0.1) is 4.91 Å². The molecule has 0 spiro atoms. The van der Waals surface area contributed by atoms with Gasteiger partial charge in [0.05, 0.1) is 12.1 Å². The number of morpholine rings is 1. The van der Waals surface area contributed by atoms with Crippen molar-refractivity contribution in [2.75, 3.05) is 13.7 Å². The van der Waals surface area contributed by atoms with Crippen LogP contribution >= 0.6 is 0 Å². The van der Waals surface area contributed by atoms with Gasteiger partial charge in [-0.2, -0.15) is 0 Å². The van der Waals surface area contributed by atoms with E-state index in [2.05, 4.69) is 5.18 Å². The highest BCUT2D eigenvalue weighted by molar-refractivity contribution is 5.81. The fourth-order valence-electron chi connectivity index (χ4n) is 0.990. The second-order valence-corrected chi connectivity index (χ2v) is 3.48. The molecule has 68 valence electrons. The van der Waals surface area contributed by atoms with E-state index < -0.39 is 6.23 Å². The number of ether oxygens (including phenoxy) is 1. The predicted molar refractivity (Wildman–Crippen MR) is 42.4 cm³/mol. The zero-order valence-electron chi connectivity index (χ0n) is 7.40. The van der Waals surface area contributed by atoms with Gasteiger partial charge in [-0.3, -0.25) is 4.79 Å². The zero-order valence-corrected chi connectivity index (χ0v) is 7.40. The van der Waals surface area contributed by atoms with E-state index in [0.717, 1.165) is 0 Å². The lowest BCUT2D eigenvalue weighted by atomic mass is 10.0. The number of amides is 1. The van der Waals surface area contributed by atoms with Crippen molar-refractivity contribution in [3.05, 3.63) is 4.91 Å². The molecule has 1 fully saturated rings. The van der Waals surface area contributed by atoms with E-state index in [0.29, 0.717) is 6.61 Å². The van der Waals surface area contributed by atoms with Crippen LogP contribution in [0.3, 0.4) is 0 Å². The zero-order chi connectivity index (χ0) is 9.35. The second-order valence-electron chi connectivity index (χ2n) is 3.48. The lowest BCUT2D eigenvalue weighted by molar-refractivity contribution is -0.163. The first kappa shape index (κ1) is 9.12. The highest BCUT2D eigenvalue weighted by Gasteiger charge is 2.39. The lowest BCUT2D eigenvalue weighted by Crippen LogP contribution is -2.57. The average Bonchev–Trinajstić information content (AvgIpc) is 2.01. The number of nitroso groups, excluding NO2 is 1. The van der Waals surface area contributed by atoms with E-state index in [4.69, 9.17) is 4.74 Å². The highest BCUT2D eigenvalue weighted by atomic mass is 16.5. The third kappa shape index (κ3) is 1.32. The summed E-state index contributed by atoms with van der Waals surface area (Å²) in [7, 11) is 1.64. The number of carbonyl (C=O) groups excluding carboxylic acids is 1. The highest BCUT2D eigenvalue weighted by Crippen LogP contribution is 2.21. The van der Waals surface area contributed by atoms with Gasteiger partial charge in [-0.05, 0) is 19.0 Å². The molecule has 5 heteroatoms. The van der Waals surface area contributed by atoms with Gasteiger partial charge >= 0.3 is 0 Å². The molecule has 0 aromatic heterocycles. The molecule has 0 aromatic carbocycles. The van der Waals surface area contributed by atoms with E-state index in [1.165, 1.54) is 4.90 Å². The van der Waals surface area contributed by atoms with Crippen LogP contribution in [0.4, 0.5) is 0 Å². The maximum atomic E-state index is 11.3. The van der Waals surface area contributed by atoms with Crippen molar-refractivity contribution in [2.45, 2.75) is 25.6 Å². The summed E-state index contributed by atoms with van der Waals surface area (Å²) in [6, 6.07) is 0. The first-order valence-corrected chi connectivity index (χ1v) is 3.71. The maximum absolute atomic E-state index is 11.3. The molecule has 0 N–H and O–H groups in total. The Morgan fingerprint density at radius 2 is 2.25 bits per heavy atom. The Bertz CT molecular complexity index is 215. The Hall–Kier alpha value is -0.970. The van der Waals surface area contributed by atoms with Gasteiger partial charge in [0.2, 0.25) is 0 Å². The van der Waals surface area contributed by atoms with Crippen LogP contribution in [0.15, 0.2) is 5.18 Å². The molecule has 1 heterocycles. The maximum Gasteiger partial charge on any atom is 0.278 e. The van der Waals surface area contributed by atoms with E-state index in [-0.39, 0.29) is 11.4 Å². The Morgan fingerprint density at radius 3 is 2.75 bits per heavy atom. The molecule has 1 rings (SSSR count). The summed E-state index contributed by atoms with van der Waals surface area (Å²) in [6.07, 6.45) is -1.15. The molecule has 1 atom stereocenters. The molecular formula is C7H12N2O3. The van der Waals surface area contributed by atoms with Gasteiger partial charge in [0.15, 0.2) is 0 Å². The topological polar surface area (TPSA) is 59.0 Å². The Labute approximate surface area is 70.7 Å². The summed E-state index contributed by atoms with van der Waals surface area (Å²) in [4.78, 5) is 22.9. The van der Waals surface area contributed by atoms with Crippen LogP contribution in [0.25, 0.3) is 0 Å². The van der Waals surface area contributed by atoms with E-state index in [1.807, 2.05) is 13.8 Å². The minimum Gasteiger partial charge on any atom is -0.343 e. The van der Waals surface area contributed by atoms with Crippen molar-refractivity contribution >= 4 is 5.91 Å². The molecule has 0 aliphatic carbocycles. The van der Waals surface area contributed by atoms with Gasteiger partial charge in [0.25, 0.3) is 12.1 Å². The van der Waals surface area contributed by atoms with Gasteiger partial charge < -0.3 is 9.64 Å². The standard InChI is InChI=1S/C7H12N2O3/c1-7(2)4-12-5(8-11)6(10)9(7)3/h5H,4H2,1-3H3. The molecule has 0 bridgehead atoms. The average molecular weight is 172 g/mol. The second kappa shape index (κ2) is 2.82. The Kier molecular flexibility index (Phi) is 2.14. The van der Waals surface area contributed by atoms with Crippen molar-refractivity contribution < 1.29 is 9.53 Å². The van der Waals surface area contributed by atoms with E-state index in [9.17, 15) is 9.70 Å². The quantitative estimate of drug-likeness (QED) is 0.536. The number of carbonyl (C=O) groups is 1. The number of likely N-dealkylation sites (N-methyl/N-ethyl adjacent to an activating group) is 1. The number of nitrogens with zero attached hydrogens (tertiary/aromatic N) is 2. The van der Waals surface area contributed by atoms with Crippen LogP contribution in [0.2, 0.25) is 0 Å². The van der Waals surface area contributed by atoms with E-state index in [1.54, 1.807) is 7.05 Å². The molecule has 12 heavy (non-hydrogen) atoms. The first-order valence-electron chi connectivity index (χ1n) is 3.71. The Morgan fingerprint density at radius 1 is 1.67 bits per heavy atom. The normalized spacial score (nSPS) is 28.8. The van der Waals surface area contributed by atoms with Crippen molar-refractivity contribution in [1.29, 1.82) is 0 Å². The SMILES string of the molecule is CN1C(=O)C(N=O)OCC1(C)C. The third-order valence-corrected chi connectivity index (χ3v) is 2.14. The number of rotatable bonds is 1. The minimum absolute atomic E-state index is 0.339. The summed E-state index contributed by atoms with van der Waals surface area (Å²) in [5, 5.41) is 2.58. The van der Waals surface area contributed by atoms with Crippen LogP contribution in [-0.4, -0.2) is 36.2 Å². The summed E-state index contributed by atoms with van der Waals surface area (Å²) in [6.45, 7) is 4.07. The van der Waals surface area contributed by atoms with E-state index >= 15 is 0 Å². The largest absolute Gasteiger partial charge is 0.343 e. The molecule has 1 amide bonds. The summed E-state index contributed by atoms with van der Waals surface area (Å²) < 4.78 is 4.95. The molecule has 1 unspecified atom stereocenters. The van der Waals surface area contributed by atoms with Gasteiger partial charge in [-0.25, -0.2) is 0 Å². The minimum atomic E-state index is -1.15. The van der Waals surface area contributed by atoms with Crippen molar-refractivity contribution in [1.82, 2.24) is 4.90 Å². The van der Waals surface area contributed by atoms with Crippen molar-refractivity contribution in [3.8, 4) is 0 Å². The summed E-state index contributed by atoms with van der Waals surface area (Å²) >= 11 is 0. The van der Waals surface area contributed by atoms with Crippen LogP contribution in [0, 0.1) is 4.91 Å². The van der Waals surface area contributed by atoms with Gasteiger partial charge in [-0.1, -0.05) is 0 Å². The molecule has 0 aromatic rings. The van der Waals surface area contributed by atoms with Crippen LogP contribution in [0.5, 0.6) is 0 Å². The predicted octanol–water partition coefficient (Wildman–Crippen LogP) is 0.346. The van der Waals surface area contributed by atoms with Crippen molar-refractivity contribution in [3.63, 3.8) is 0 Å². The third-order valence-electron chi connectivity index (χ3n) is 2.14. The fourth-order valence-corrected chi connectivity index (χ4v) is 0.990. The molecule has 5 nitrogen and oxygen atoms in total. The van der Waals surface area contributed by atoms with Crippen molar-refractivity contribution in [2.24, 2.45) is 5.18 Å². The van der Waals surface area contributed by atoms with Gasteiger partial charge in [0.1, 0.15) is 0 Å². The molecule has 1 saturated heterocycles. The number of hydrogen-bond acceptors (Lipinski definition) is 4. The summed E-state index contributed by atoms with van der Waals surface area (Å²) in [5.74, 6) is -0.374. The molecule has 0 radical (unpaired) electrons. The smallest absolute Gasteiger partial charge is 0.278 e. The van der Waals surface area contributed by atoms with Gasteiger partial charge in [0, 0.05) is 7.05 Å². The molecule has 1 aliphatic rings. The summed E-state index contributed by atoms with van der Waals surface area (Å²) in [5.41, 5.74) is -0.349. The lowest BCUT2D eigenvalue weighted by Gasteiger charge is -2.40. The van der Waals surface area contributed by atoms with Crippen LogP contribution < -0.4 is 0 Å². The Balaban J connectivity index is 2.79. The monoisotopic (exact) mass is 172 g/mol. The van der Waals surface area contributed by atoms with Crippen LogP contribution in [0.1, 0.15) is 13.8 Å². The fraction of sp³-hybridized carbons (Fsp3) is 0.857. The molecular weight excluding hydrogens is 160 g/mol. The molecule has 0 saturated carbocycles. The first-order chi connectivity index (χ1) is 5.49.